The highest BCUT2D eigenvalue weighted by Gasteiger charge is 2.24. The Labute approximate surface area is 127 Å². The van der Waals surface area contributed by atoms with E-state index in [1.165, 1.54) is 11.3 Å². The number of nitrogens with zero attached hydrogens (tertiary/aromatic N) is 2. The first kappa shape index (κ1) is 14.0. The first-order chi connectivity index (χ1) is 9.66. The van der Waals surface area contributed by atoms with E-state index in [4.69, 9.17) is 5.11 Å². The number of fused-ring (bicyclic) bond motifs is 1. The van der Waals surface area contributed by atoms with Crippen LogP contribution >= 0.6 is 34.9 Å². The molecular formula is C12H12N2O3S3. The smallest absolute Gasteiger partial charge is 0.313 e. The molecule has 0 radical (unpaired) electrons. The standard InChI is InChI=1S/C12H12N2O3S3/c15-9(16)6-20-12-13-10-8(2-4-19-10)11(17)14(12)7-1-3-18-5-7/h2,4,7H,1,3,5-6H2,(H,15,16). The van der Waals surface area contributed by atoms with Crippen molar-refractivity contribution in [1.82, 2.24) is 9.55 Å². The quantitative estimate of drug-likeness (QED) is 0.686. The normalized spacial score (nSPS) is 18.7. The van der Waals surface area contributed by atoms with Gasteiger partial charge < -0.3 is 5.11 Å². The van der Waals surface area contributed by atoms with E-state index >= 15 is 0 Å². The van der Waals surface area contributed by atoms with Gasteiger partial charge in [0.15, 0.2) is 5.16 Å². The van der Waals surface area contributed by atoms with Crippen LogP contribution in [-0.4, -0.2) is 37.9 Å². The predicted molar refractivity (Wildman–Crippen MR) is 83.2 cm³/mol. The molecule has 0 saturated carbocycles. The summed E-state index contributed by atoms with van der Waals surface area (Å²) in [5, 5.41) is 11.8. The SMILES string of the molecule is O=C(O)CSc1nc2sccc2c(=O)n1C1CCSC1. The Hall–Kier alpha value is -0.990. The largest absolute Gasteiger partial charge is 0.481 e. The van der Waals surface area contributed by atoms with Crippen LogP contribution in [0.25, 0.3) is 10.2 Å². The van der Waals surface area contributed by atoms with Crippen molar-refractivity contribution in [2.45, 2.75) is 17.6 Å². The van der Waals surface area contributed by atoms with Crippen molar-refractivity contribution >= 4 is 51.0 Å². The van der Waals surface area contributed by atoms with E-state index in [9.17, 15) is 9.59 Å². The third-order valence-electron chi connectivity index (χ3n) is 3.09. The van der Waals surface area contributed by atoms with Gasteiger partial charge in [0.25, 0.3) is 5.56 Å². The minimum Gasteiger partial charge on any atom is -0.481 e. The number of carboxylic acids is 1. The van der Waals surface area contributed by atoms with Gasteiger partial charge in [0, 0.05) is 11.8 Å². The molecule has 1 N–H and O–H groups in total. The molecule has 0 bridgehead atoms. The fourth-order valence-electron chi connectivity index (χ4n) is 2.18. The number of carboxylic acid groups (broad SMARTS) is 1. The summed E-state index contributed by atoms with van der Waals surface area (Å²) in [6.07, 6.45) is 0.933. The third-order valence-corrected chi connectivity index (χ3v) is 5.98. The average molecular weight is 328 g/mol. The molecule has 106 valence electrons. The molecule has 0 spiro atoms. The van der Waals surface area contributed by atoms with Gasteiger partial charge in [-0.15, -0.1) is 11.3 Å². The Kier molecular flexibility index (Phi) is 4.04. The molecule has 2 aromatic heterocycles. The van der Waals surface area contributed by atoms with Gasteiger partial charge in [0.1, 0.15) is 4.83 Å². The second-order valence-electron chi connectivity index (χ2n) is 4.41. The molecule has 1 unspecified atom stereocenters. The Bertz CT molecular complexity index is 704. The Morgan fingerprint density at radius 2 is 2.45 bits per heavy atom. The van der Waals surface area contributed by atoms with Crippen LogP contribution in [-0.2, 0) is 4.79 Å². The van der Waals surface area contributed by atoms with E-state index in [1.807, 2.05) is 17.1 Å². The Balaban J connectivity index is 2.11. The van der Waals surface area contributed by atoms with Crippen LogP contribution in [0.1, 0.15) is 12.5 Å². The average Bonchev–Trinajstić information content (AvgIpc) is 3.06. The maximum Gasteiger partial charge on any atom is 0.313 e. The van der Waals surface area contributed by atoms with Gasteiger partial charge in [0.2, 0.25) is 0 Å². The summed E-state index contributed by atoms with van der Waals surface area (Å²) in [6, 6.07) is 1.92. The lowest BCUT2D eigenvalue weighted by atomic mass is 10.2. The van der Waals surface area contributed by atoms with Crippen molar-refractivity contribution in [3.8, 4) is 0 Å². The lowest BCUT2D eigenvalue weighted by Gasteiger charge is -2.16. The van der Waals surface area contributed by atoms with Crippen molar-refractivity contribution in [3.63, 3.8) is 0 Å². The van der Waals surface area contributed by atoms with Gasteiger partial charge >= 0.3 is 5.97 Å². The van der Waals surface area contributed by atoms with Gasteiger partial charge in [-0.3, -0.25) is 14.2 Å². The van der Waals surface area contributed by atoms with Crippen molar-refractivity contribution < 1.29 is 9.90 Å². The summed E-state index contributed by atoms with van der Waals surface area (Å²) in [7, 11) is 0. The molecule has 1 saturated heterocycles. The van der Waals surface area contributed by atoms with Gasteiger partial charge in [0.05, 0.1) is 11.1 Å². The highest BCUT2D eigenvalue weighted by molar-refractivity contribution is 8.00. The molecule has 5 nitrogen and oxygen atoms in total. The molecule has 8 heteroatoms. The van der Waals surface area contributed by atoms with Crippen LogP contribution in [0.5, 0.6) is 0 Å². The lowest BCUT2D eigenvalue weighted by Crippen LogP contribution is -2.27. The molecule has 0 aromatic carbocycles. The highest BCUT2D eigenvalue weighted by atomic mass is 32.2. The molecule has 20 heavy (non-hydrogen) atoms. The fourth-order valence-corrected chi connectivity index (χ4v) is 4.97. The van der Waals surface area contributed by atoms with Gasteiger partial charge in [-0.2, -0.15) is 11.8 Å². The second-order valence-corrected chi connectivity index (χ2v) is 7.40. The van der Waals surface area contributed by atoms with Crippen LogP contribution in [0.3, 0.4) is 0 Å². The van der Waals surface area contributed by atoms with E-state index < -0.39 is 5.97 Å². The summed E-state index contributed by atoms with van der Waals surface area (Å²) in [5.74, 6) is 0.936. The zero-order chi connectivity index (χ0) is 14.1. The second kappa shape index (κ2) is 5.79. The van der Waals surface area contributed by atoms with E-state index in [0.717, 1.165) is 29.7 Å². The molecule has 1 aliphatic rings. The number of thioether (sulfide) groups is 2. The van der Waals surface area contributed by atoms with E-state index in [-0.39, 0.29) is 17.4 Å². The van der Waals surface area contributed by atoms with Crippen LogP contribution in [0, 0.1) is 0 Å². The van der Waals surface area contributed by atoms with E-state index in [1.54, 1.807) is 10.6 Å². The van der Waals surface area contributed by atoms with Crippen molar-refractivity contribution in [3.05, 3.63) is 21.8 Å². The molecule has 1 atom stereocenters. The Morgan fingerprint density at radius 1 is 1.60 bits per heavy atom. The molecule has 2 aromatic rings. The number of hydrogen-bond acceptors (Lipinski definition) is 6. The minimum atomic E-state index is -0.900. The monoisotopic (exact) mass is 328 g/mol. The third kappa shape index (κ3) is 2.59. The van der Waals surface area contributed by atoms with E-state index in [2.05, 4.69) is 4.98 Å². The number of carbonyl (C=O) groups is 1. The lowest BCUT2D eigenvalue weighted by molar-refractivity contribution is -0.133. The zero-order valence-electron chi connectivity index (χ0n) is 10.4. The molecule has 1 fully saturated rings. The summed E-state index contributed by atoms with van der Waals surface area (Å²) < 4.78 is 1.70. The number of rotatable bonds is 4. The minimum absolute atomic E-state index is 0.0448. The maximum absolute atomic E-state index is 12.6. The maximum atomic E-state index is 12.6. The Morgan fingerprint density at radius 3 is 3.15 bits per heavy atom. The van der Waals surface area contributed by atoms with Crippen LogP contribution in [0.2, 0.25) is 0 Å². The molecule has 3 rings (SSSR count). The zero-order valence-corrected chi connectivity index (χ0v) is 12.9. The summed E-state index contributed by atoms with van der Waals surface area (Å²) in [4.78, 5) is 28.5. The summed E-state index contributed by atoms with van der Waals surface area (Å²) >= 11 is 4.35. The van der Waals surface area contributed by atoms with Crippen LogP contribution < -0.4 is 5.56 Å². The highest BCUT2D eigenvalue weighted by Crippen LogP contribution is 2.31. The predicted octanol–water partition coefficient (Wildman–Crippen LogP) is 2.31. The molecule has 0 aliphatic carbocycles. The van der Waals surface area contributed by atoms with Gasteiger partial charge in [-0.05, 0) is 23.6 Å². The molecule has 1 aliphatic heterocycles. The van der Waals surface area contributed by atoms with Gasteiger partial charge in [-0.25, -0.2) is 4.98 Å². The van der Waals surface area contributed by atoms with E-state index in [0.29, 0.717) is 15.4 Å². The number of hydrogen-bond donors (Lipinski definition) is 1. The van der Waals surface area contributed by atoms with Crippen molar-refractivity contribution in [2.24, 2.45) is 0 Å². The number of aromatic nitrogens is 2. The van der Waals surface area contributed by atoms with Crippen molar-refractivity contribution in [1.29, 1.82) is 0 Å². The van der Waals surface area contributed by atoms with Crippen LogP contribution in [0.4, 0.5) is 0 Å². The molecule has 0 amide bonds. The fraction of sp³-hybridized carbons (Fsp3) is 0.417. The first-order valence-corrected chi connectivity index (χ1v) is 9.11. The molecule has 3 heterocycles. The summed E-state index contributed by atoms with van der Waals surface area (Å²) in [6.45, 7) is 0. The van der Waals surface area contributed by atoms with Crippen LogP contribution in [0.15, 0.2) is 21.4 Å². The topological polar surface area (TPSA) is 72.2 Å². The van der Waals surface area contributed by atoms with Crippen molar-refractivity contribution in [2.75, 3.05) is 17.3 Å². The number of aliphatic carboxylic acids is 1. The summed E-state index contributed by atoms with van der Waals surface area (Å²) in [5.41, 5.74) is -0.0448. The molecular weight excluding hydrogens is 316 g/mol. The number of thiophene rings is 1. The van der Waals surface area contributed by atoms with Gasteiger partial charge in [-0.1, -0.05) is 11.8 Å². The first-order valence-electron chi connectivity index (χ1n) is 6.09.